The van der Waals surface area contributed by atoms with Crippen LogP contribution in [0.15, 0.2) is 83.9 Å². The van der Waals surface area contributed by atoms with Crippen LogP contribution in [0.4, 0.5) is 23.1 Å². The van der Waals surface area contributed by atoms with Crippen LogP contribution in [0.1, 0.15) is 12.5 Å². The number of nitrogens with two attached hydrogens (primary N) is 1. The van der Waals surface area contributed by atoms with Gasteiger partial charge in [0.25, 0.3) is 0 Å². The van der Waals surface area contributed by atoms with Crippen LogP contribution in [0.25, 0.3) is 11.1 Å². The molecule has 3 aromatic carbocycles. The number of nitrogens with zero attached hydrogens (tertiary/aromatic N) is 3. The van der Waals surface area contributed by atoms with Crippen LogP contribution >= 0.6 is 0 Å². The predicted octanol–water partition coefficient (Wildman–Crippen LogP) is 4.96. The average Bonchev–Trinajstić information content (AvgIpc) is 2.90. The predicted molar refractivity (Wildman–Crippen MR) is 159 cm³/mol. The number of ether oxygens (including phenoxy) is 1. The Morgan fingerprint density at radius 3 is 2.45 bits per heavy atom. The van der Waals surface area contributed by atoms with Crippen molar-refractivity contribution in [2.75, 3.05) is 42.8 Å². The van der Waals surface area contributed by atoms with Crippen LogP contribution in [0, 0.1) is 0 Å². The third-order valence-corrected chi connectivity index (χ3v) is 6.96. The Kier molecular flexibility index (Phi) is 8.50. The number of hydrogen-bond donors (Lipinski definition) is 3. The molecule has 4 aromatic rings. The van der Waals surface area contributed by atoms with Gasteiger partial charge in [0.15, 0.2) is 0 Å². The summed E-state index contributed by atoms with van der Waals surface area (Å²) in [6.07, 6.45) is 2.62. The molecule has 198 valence electrons. The van der Waals surface area contributed by atoms with Crippen molar-refractivity contribution >= 4 is 38.7 Å². The van der Waals surface area contributed by atoms with Gasteiger partial charge in [0.1, 0.15) is 11.6 Å². The highest BCUT2D eigenvalue weighted by atomic mass is 32.2. The van der Waals surface area contributed by atoms with Crippen molar-refractivity contribution in [1.82, 2.24) is 9.97 Å². The Morgan fingerprint density at radius 2 is 1.79 bits per heavy atom. The van der Waals surface area contributed by atoms with Gasteiger partial charge in [-0.15, -0.1) is 0 Å². The number of anilines is 4. The highest BCUT2D eigenvalue weighted by Crippen LogP contribution is 2.29. The van der Waals surface area contributed by atoms with Gasteiger partial charge in [-0.1, -0.05) is 30.3 Å². The number of aromatic nitrogens is 2. The minimum Gasteiger partial charge on any atom is -0.494 e. The van der Waals surface area contributed by atoms with Crippen LogP contribution in [0.3, 0.4) is 0 Å². The van der Waals surface area contributed by atoms with Crippen molar-refractivity contribution in [3.05, 3.63) is 84.6 Å². The van der Waals surface area contributed by atoms with Crippen molar-refractivity contribution < 1.29 is 8.95 Å². The Labute approximate surface area is 225 Å². The van der Waals surface area contributed by atoms with E-state index in [-0.39, 0.29) is 0 Å². The van der Waals surface area contributed by atoms with Crippen LogP contribution in [0.2, 0.25) is 0 Å². The first-order valence-electron chi connectivity index (χ1n) is 12.4. The monoisotopic (exact) mass is 530 g/mol. The molecule has 0 radical (unpaired) electrons. The van der Waals surface area contributed by atoms with Crippen molar-refractivity contribution in [2.45, 2.75) is 18.2 Å². The molecule has 9 heteroatoms. The Balaban J connectivity index is 1.58. The quantitative estimate of drug-likeness (QED) is 0.236. The number of benzene rings is 3. The zero-order chi connectivity index (χ0) is 27.1. The van der Waals surface area contributed by atoms with Gasteiger partial charge in [-0.05, 0) is 72.8 Å². The van der Waals surface area contributed by atoms with Crippen LogP contribution in [-0.4, -0.2) is 47.3 Å². The van der Waals surface area contributed by atoms with Gasteiger partial charge in [0.05, 0.1) is 16.3 Å². The topological polar surface area (TPSA) is 105 Å². The highest BCUT2D eigenvalue weighted by molar-refractivity contribution is 7.98. The summed E-state index contributed by atoms with van der Waals surface area (Å²) in [7, 11) is 1.23. The molecule has 0 bridgehead atoms. The lowest BCUT2D eigenvalue weighted by Gasteiger charge is -2.15. The lowest BCUT2D eigenvalue weighted by atomic mass is 10.1. The fourth-order valence-electron chi connectivity index (χ4n) is 3.89. The molecule has 1 atom stereocenters. The van der Waals surface area contributed by atoms with E-state index in [0.29, 0.717) is 35.5 Å². The molecular weight excluding hydrogens is 496 g/mol. The molecule has 1 heterocycles. The standard InChI is InChI=1S/C29H34N6O2S/c1-5-37-25-15-11-22(12-16-25)27-20-32-29(33-23-7-6-8-26(19-23)38(4,30)36)34-28(27)31-18-17-21-9-13-24(14-10-21)35(2)3/h6-16,19-20H,4-5,17-18H2,1-3H3,(H2,30,36)(H2,31,32,33,34). The third kappa shape index (κ3) is 7.02. The maximum Gasteiger partial charge on any atom is 0.229 e. The SMILES string of the molecule is C=S(N)(=O)c1cccc(Nc2ncc(-c3ccc(OCC)cc3)c(NCCc3ccc(N(C)C)cc3)n2)c1. The van der Waals surface area contributed by atoms with Crippen LogP contribution in [-0.2, 0) is 16.1 Å². The Morgan fingerprint density at radius 1 is 1.05 bits per heavy atom. The third-order valence-electron chi connectivity index (χ3n) is 5.91. The van der Waals surface area contributed by atoms with E-state index >= 15 is 0 Å². The van der Waals surface area contributed by atoms with E-state index in [1.807, 2.05) is 51.4 Å². The zero-order valence-corrected chi connectivity index (χ0v) is 22.8. The van der Waals surface area contributed by atoms with E-state index in [9.17, 15) is 4.21 Å². The van der Waals surface area contributed by atoms with E-state index in [4.69, 9.17) is 14.9 Å². The fraction of sp³-hybridized carbons (Fsp3) is 0.207. The lowest BCUT2D eigenvalue weighted by Crippen LogP contribution is -2.12. The number of nitrogens with one attached hydrogen (secondary N) is 2. The summed E-state index contributed by atoms with van der Waals surface area (Å²) in [5.74, 6) is 5.48. The molecule has 4 rings (SSSR count). The molecule has 0 aliphatic rings. The van der Waals surface area contributed by atoms with E-state index in [0.717, 1.165) is 23.3 Å². The van der Waals surface area contributed by atoms with Gasteiger partial charge in [-0.25, -0.2) is 9.19 Å². The maximum atomic E-state index is 12.2. The van der Waals surface area contributed by atoms with E-state index < -0.39 is 9.71 Å². The molecule has 0 amide bonds. The summed E-state index contributed by atoms with van der Waals surface area (Å²) in [6, 6.07) is 23.4. The second-order valence-electron chi connectivity index (χ2n) is 9.03. The molecule has 8 nitrogen and oxygen atoms in total. The number of rotatable bonds is 11. The summed E-state index contributed by atoms with van der Waals surface area (Å²) in [6.45, 7) is 3.26. The zero-order valence-electron chi connectivity index (χ0n) is 22.0. The summed E-state index contributed by atoms with van der Waals surface area (Å²) < 4.78 is 17.8. The minimum absolute atomic E-state index is 0.405. The van der Waals surface area contributed by atoms with Gasteiger partial charge < -0.3 is 20.3 Å². The maximum absolute atomic E-state index is 12.2. The minimum atomic E-state index is -2.83. The molecule has 0 saturated heterocycles. The molecular formula is C29H34N6O2S. The molecule has 4 N–H and O–H groups in total. The normalized spacial score (nSPS) is 12.4. The van der Waals surface area contributed by atoms with Gasteiger partial charge in [-0.2, -0.15) is 4.98 Å². The van der Waals surface area contributed by atoms with Crippen molar-refractivity contribution in [2.24, 2.45) is 5.14 Å². The summed E-state index contributed by atoms with van der Waals surface area (Å²) in [4.78, 5) is 11.8. The van der Waals surface area contributed by atoms with Crippen LogP contribution in [0.5, 0.6) is 5.75 Å². The second-order valence-corrected chi connectivity index (χ2v) is 11.0. The Bertz CT molecular complexity index is 1470. The van der Waals surface area contributed by atoms with E-state index in [1.54, 1.807) is 24.4 Å². The number of hydrogen-bond acceptors (Lipinski definition) is 7. The lowest BCUT2D eigenvalue weighted by molar-refractivity contribution is 0.340. The van der Waals surface area contributed by atoms with Gasteiger partial charge in [-0.3, -0.25) is 5.14 Å². The molecule has 1 unspecified atom stereocenters. The molecule has 38 heavy (non-hydrogen) atoms. The van der Waals surface area contributed by atoms with Gasteiger partial charge in [0, 0.05) is 48.7 Å². The van der Waals surface area contributed by atoms with E-state index in [2.05, 4.69) is 50.7 Å². The highest BCUT2D eigenvalue weighted by Gasteiger charge is 2.11. The molecule has 1 aromatic heterocycles. The Hall–Kier alpha value is -4.08. The van der Waals surface area contributed by atoms with Crippen molar-refractivity contribution in [1.29, 1.82) is 0 Å². The van der Waals surface area contributed by atoms with E-state index in [1.165, 1.54) is 11.3 Å². The average molecular weight is 531 g/mol. The molecule has 0 saturated carbocycles. The summed E-state index contributed by atoms with van der Waals surface area (Å²) in [5, 5.41) is 12.4. The fourth-order valence-corrected chi connectivity index (χ4v) is 4.52. The van der Waals surface area contributed by atoms with Gasteiger partial charge in [0.2, 0.25) is 5.95 Å². The first-order valence-corrected chi connectivity index (χ1v) is 14.1. The van der Waals surface area contributed by atoms with Crippen molar-refractivity contribution in [3.63, 3.8) is 0 Å². The van der Waals surface area contributed by atoms with Gasteiger partial charge >= 0.3 is 0 Å². The first-order chi connectivity index (χ1) is 18.2. The second kappa shape index (κ2) is 12.0. The molecule has 0 aliphatic carbocycles. The molecule has 0 fully saturated rings. The first kappa shape index (κ1) is 27.0. The molecule has 0 spiro atoms. The summed E-state index contributed by atoms with van der Waals surface area (Å²) >= 11 is 0. The largest absolute Gasteiger partial charge is 0.494 e. The molecule has 0 aliphatic heterocycles. The van der Waals surface area contributed by atoms with Crippen molar-refractivity contribution in [3.8, 4) is 16.9 Å². The van der Waals surface area contributed by atoms with Crippen LogP contribution < -0.4 is 25.4 Å². The smallest absolute Gasteiger partial charge is 0.229 e. The summed E-state index contributed by atoms with van der Waals surface area (Å²) in [5.41, 5.74) is 4.91.